The van der Waals surface area contributed by atoms with E-state index in [1.807, 2.05) is 0 Å². The van der Waals surface area contributed by atoms with Crippen molar-refractivity contribution >= 4 is 22.4 Å². The molecule has 1 aliphatic rings. The molecule has 124 valence electrons. The Morgan fingerprint density at radius 2 is 2.12 bits per heavy atom. The number of nitrogens with one attached hydrogen (secondary N) is 1. The number of methoxy groups -OCH3 is 1. The number of nitrogens with zero attached hydrogens (tertiary/aromatic N) is 2. The molecule has 1 N–H and O–H groups in total. The molecule has 2 aromatic rings. The smallest absolute Gasteiger partial charge is 0.257 e. The SMILES string of the molecule is COC1=CC(F)C(c2csc(NC(=O)c3ccncc3)n2)C(F)=C1. The first kappa shape index (κ1) is 16.3. The number of aromatic nitrogens is 2. The van der Waals surface area contributed by atoms with Crippen LogP contribution in [-0.2, 0) is 4.74 Å². The summed E-state index contributed by atoms with van der Waals surface area (Å²) >= 11 is 1.11. The van der Waals surface area contributed by atoms with E-state index in [-0.39, 0.29) is 22.5 Å². The van der Waals surface area contributed by atoms with Gasteiger partial charge in [0.2, 0.25) is 0 Å². The van der Waals surface area contributed by atoms with Crippen LogP contribution in [0.1, 0.15) is 22.0 Å². The average Bonchev–Trinajstić information content (AvgIpc) is 3.02. The maximum Gasteiger partial charge on any atom is 0.257 e. The Bertz CT molecular complexity index is 805. The molecule has 1 amide bonds. The number of amides is 1. The highest BCUT2D eigenvalue weighted by atomic mass is 32.1. The number of hydrogen-bond acceptors (Lipinski definition) is 5. The van der Waals surface area contributed by atoms with E-state index in [0.29, 0.717) is 5.56 Å². The van der Waals surface area contributed by atoms with Gasteiger partial charge in [-0.1, -0.05) is 0 Å². The minimum absolute atomic E-state index is 0.137. The van der Waals surface area contributed by atoms with Gasteiger partial charge in [-0.05, 0) is 18.2 Å². The number of carbonyl (C=O) groups excluding carboxylic acids is 1. The van der Waals surface area contributed by atoms with Crippen LogP contribution >= 0.6 is 11.3 Å². The summed E-state index contributed by atoms with van der Waals surface area (Å²) in [6, 6.07) is 3.12. The molecule has 0 saturated carbocycles. The summed E-state index contributed by atoms with van der Waals surface area (Å²) < 4.78 is 33.2. The number of rotatable bonds is 4. The summed E-state index contributed by atoms with van der Waals surface area (Å²) in [7, 11) is 1.35. The van der Waals surface area contributed by atoms with Crippen LogP contribution in [0.3, 0.4) is 0 Å². The molecule has 5 nitrogen and oxygen atoms in total. The lowest BCUT2D eigenvalue weighted by atomic mass is 9.94. The second kappa shape index (κ2) is 6.88. The van der Waals surface area contributed by atoms with E-state index in [1.54, 1.807) is 12.1 Å². The highest BCUT2D eigenvalue weighted by Gasteiger charge is 2.32. The summed E-state index contributed by atoms with van der Waals surface area (Å²) in [5.74, 6) is -2.03. The molecule has 0 aliphatic heterocycles. The lowest BCUT2D eigenvalue weighted by molar-refractivity contribution is 0.102. The van der Waals surface area contributed by atoms with Crippen molar-refractivity contribution in [3.05, 3.63) is 64.9 Å². The molecule has 0 bridgehead atoms. The zero-order chi connectivity index (χ0) is 17.1. The van der Waals surface area contributed by atoms with E-state index in [2.05, 4.69) is 15.3 Å². The standard InChI is InChI=1S/C16H13F2N3O2S/c1-23-10-6-11(17)14(12(18)7-10)13-8-24-16(20-13)21-15(22)9-2-4-19-5-3-9/h2-8,11,14H,1H3,(H,20,21,22). The van der Waals surface area contributed by atoms with Crippen LogP contribution in [0.4, 0.5) is 13.9 Å². The third-order valence-corrected chi connectivity index (χ3v) is 4.23. The fourth-order valence-electron chi connectivity index (χ4n) is 2.27. The second-order valence-electron chi connectivity index (χ2n) is 4.99. The normalized spacial score (nSPS) is 20.1. The van der Waals surface area contributed by atoms with Crippen LogP contribution in [0.2, 0.25) is 0 Å². The Morgan fingerprint density at radius 1 is 1.38 bits per heavy atom. The largest absolute Gasteiger partial charge is 0.497 e. The maximum atomic E-state index is 14.2. The molecule has 0 aromatic carbocycles. The van der Waals surface area contributed by atoms with E-state index in [9.17, 15) is 13.6 Å². The number of anilines is 1. The molecule has 0 saturated heterocycles. The zero-order valence-corrected chi connectivity index (χ0v) is 13.4. The van der Waals surface area contributed by atoms with E-state index < -0.39 is 17.9 Å². The minimum atomic E-state index is -1.59. The minimum Gasteiger partial charge on any atom is -0.497 e. The number of allylic oxidation sites excluding steroid dienone is 3. The number of halogens is 2. The summed E-state index contributed by atoms with van der Waals surface area (Å²) in [5, 5.41) is 4.40. The number of pyridine rings is 1. The summed E-state index contributed by atoms with van der Waals surface area (Å²) in [6.45, 7) is 0. The quantitative estimate of drug-likeness (QED) is 0.916. The predicted octanol–water partition coefficient (Wildman–Crippen LogP) is 3.61. The van der Waals surface area contributed by atoms with E-state index in [1.165, 1.54) is 31.0 Å². The Hall–Kier alpha value is -2.61. The first-order valence-electron chi connectivity index (χ1n) is 7.02. The number of alkyl halides is 1. The van der Waals surface area contributed by atoms with Crippen LogP contribution in [0, 0.1) is 0 Å². The molecule has 24 heavy (non-hydrogen) atoms. The molecule has 1 aliphatic carbocycles. The molecular weight excluding hydrogens is 336 g/mol. The van der Waals surface area contributed by atoms with Gasteiger partial charge in [-0.25, -0.2) is 13.8 Å². The first-order valence-corrected chi connectivity index (χ1v) is 7.90. The Morgan fingerprint density at radius 3 is 2.79 bits per heavy atom. The van der Waals surface area contributed by atoms with Crippen LogP contribution in [-0.4, -0.2) is 29.2 Å². The molecule has 0 radical (unpaired) electrons. The van der Waals surface area contributed by atoms with Gasteiger partial charge in [-0.15, -0.1) is 11.3 Å². The van der Waals surface area contributed by atoms with E-state index in [0.717, 1.165) is 17.4 Å². The van der Waals surface area contributed by atoms with E-state index in [4.69, 9.17) is 4.74 Å². The van der Waals surface area contributed by atoms with Crippen LogP contribution in [0.5, 0.6) is 0 Å². The number of thiazole rings is 1. The highest BCUT2D eigenvalue weighted by molar-refractivity contribution is 7.14. The fourth-order valence-corrected chi connectivity index (χ4v) is 3.01. The Kier molecular flexibility index (Phi) is 4.66. The number of hydrogen-bond donors (Lipinski definition) is 1. The monoisotopic (exact) mass is 349 g/mol. The van der Waals surface area contributed by atoms with Gasteiger partial charge in [0.05, 0.1) is 18.7 Å². The topological polar surface area (TPSA) is 64.1 Å². The van der Waals surface area contributed by atoms with Gasteiger partial charge in [-0.2, -0.15) is 0 Å². The molecule has 0 spiro atoms. The van der Waals surface area contributed by atoms with Crippen molar-refractivity contribution in [3.8, 4) is 0 Å². The molecule has 0 fully saturated rings. The molecule has 8 heteroatoms. The van der Waals surface area contributed by atoms with Gasteiger partial charge in [-0.3, -0.25) is 15.1 Å². The van der Waals surface area contributed by atoms with Crippen molar-refractivity contribution in [3.63, 3.8) is 0 Å². The van der Waals surface area contributed by atoms with Crippen LogP contribution in [0.25, 0.3) is 0 Å². The number of ether oxygens (including phenoxy) is 1. The van der Waals surface area contributed by atoms with Crippen LogP contribution in [0.15, 0.2) is 53.6 Å². The van der Waals surface area contributed by atoms with Gasteiger partial charge in [0, 0.05) is 29.4 Å². The predicted molar refractivity (Wildman–Crippen MR) is 86.2 cm³/mol. The summed E-state index contributed by atoms with van der Waals surface area (Å²) in [6.07, 6.45) is 3.74. The summed E-state index contributed by atoms with van der Waals surface area (Å²) in [4.78, 5) is 20.0. The first-order chi connectivity index (χ1) is 11.6. The Balaban J connectivity index is 1.76. The van der Waals surface area contributed by atoms with Crippen molar-refractivity contribution in [2.24, 2.45) is 0 Å². The molecule has 2 atom stereocenters. The lowest BCUT2D eigenvalue weighted by Crippen LogP contribution is -2.18. The second-order valence-corrected chi connectivity index (χ2v) is 5.85. The van der Waals surface area contributed by atoms with Gasteiger partial charge >= 0.3 is 0 Å². The number of carbonyl (C=O) groups is 1. The van der Waals surface area contributed by atoms with Gasteiger partial charge < -0.3 is 4.74 Å². The van der Waals surface area contributed by atoms with Crippen molar-refractivity contribution < 1.29 is 18.3 Å². The Labute approximate surface area is 140 Å². The molecular formula is C16H13F2N3O2S. The maximum absolute atomic E-state index is 14.2. The fraction of sp³-hybridized carbons (Fsp3) is 0.188. The third-order valence-electron chi connectivity index (χ3n) is 3.46. The van der Waals surface area contributed by atoms with Gasteiger partial charge in [0.1, 0.15) is 17.8 Å². The molecule has 2 aromatic heterocycles. The zero-order valence-electron chi connectivity index (χ0n) is 12.6. The van der Waals surface area contributed by atoms with Crippen LogP contribution < -0.4 is 5.32 Å². The molecule has 3 rings (SSSR count). The van der Waals surface area contributed by atoms with Crippen molar-refractivity contribution in [2.75, 3.05) is 12.4 Å². The van der Waals surface area contributed by atoms with Crippen molar-refractivity contribution in [1.29, 1.82) is 0 Å². The molecule has 2 unspecified atom stereocenters. The molecule has 2 heterocycles. The van der Waals surface area contributed by atoms with Gasteiger partial charge in [0.15, 0.2) is 5.13 Å². The summed E-state index contributed by atoms with van der Waals surface area (Å²) in [5.41, 5.74) is 0.638. The van der Waals surface area contributed by atoms with Gasteiger partial charge in [0.25, 0.3) is 5.91 Å². The van der Waals surface area contributed by atoms with Crippen molar-refractivity contribution in [2.45, 2.75) is 12.1 Å². The lowest BCUT2D eigenvalue weighted by Gasteiger charge is -2.20. The van der Waals surface area contributed by atoms with Crippen molar-refractivity contribution in [1.82, 2.24) is 9.97 Å². The highest BCUT2D eigenvalue weighted by Crippen LogP contribution is 2.37. The van der Waals surface area contributed by atoms with E-state index >= 15 is 0 Å². The third kappa shape index (κ3) is 3.33. The average molecular weight is 349 g/mol.